The molecule has 2 fully saturated rings. The van der Waals surface area contributed by atoms with Gasteiger partial charge in [0, 0.05) is 12.4 Å². The van der Waals surface area contributed by atoms with Gasteiger partial charge in [0.1, 0.15) is 11.5 Å². The van der Waals surface area contributed by atoms with E-state index >= 15 is 0 Å². The molecule has 2 unspecified atom stereocenters. The van der Waals surface area contributed by atoms with Crippen molar-refractivity contribution in [3.05, 3.63) is 48.8 Å². The molecule has 4 rings (SSSR count). The van der Waals surface area contributed by atoms with Crippen molar-refractivity contribution in [1.29, 1.82) is 0 Å². The van der Waals surface area contributed by atoms with Crippen molar-refractivity contribution in [2.75, 3.05) is 5.75 Å². The number of rotatable bonds is 6. The fourth-order valence-electron chi connectivity index (χ4n) is 4.23. The number of fused-ring (bicyclic) bond motifs is 2. The van der Waals surface area contributed by atoms with Gasteiger partial charge in [0.15, 0.2) is 9.84 Å². The first-order valence-corrected chi connectivity index (χ1v) is 11.1. The van der Waals surface area contributed by atoms with Gasteiger partial charge >= 0.3 is 0 Å². The number of ether oxygens (including phenoxy) is 2. The van der Waals surface area contributed by atoms with Gasteiger partial charge in [-0.3, -0.25) is 15.0 Å². The number of hydrogen-bond acceptors (Lipinski definition) is 7. The Morgan fingerprint density at radius 2 is 1.69 bits per heavy atom. The van der Waals surface area contributed by atoms with Gasteiger partial charge in [0.05, 0.1) is 28.3 Å². The number of hydrogen-bond donors (Lipinski definition) is 2. The molecule has 0 saturated carbocycles. The number of nitrogens with one attached hydrogen (secondary N) is 1. The Kier molecular flexibility index (Phi) is 5.28. The Hall–Kier alpha value is -2.49. The summed E-state index contributed by atoms with van der Waals surface area (Å²) >= 11 is 0. The summed E-state index contributed by atoms with van der Waals surface area (Å²) in [6.07, 6.45) is 5.03. The second kappa shape index (κ2) is 7.74. The van der Waals surface area contributed by atoms with Crippen LogP contribution in [0.2, 0.25) is 0 Å². The van der Waals surface area contributed by atoms with Crippen LogP contribution in [0.15, 0.2) is 53.7 Å². The first-order chi connectivity index (χ1) is 13.9. The maximum Gasteiger partial charge on any atom is 0.250 e. The SMILES string of the molecule is O=C(NO)C1(CS(=O)(=O)c2ccc(Oc3ccncc3)cc2)CC2CCC(C1)O2. The third kappa shape index (κ3) is 4.12. The highest BCUT2D eigenvalue weighted by atomic mass is 32.2. The molecule has 2 aliphatic heterocycles. The van der Waals surface area contributed by atoms with Crippen LogP contribution >= 0.6 is 0 Å². The number of aromatic nitrogens is 1. The molecule has 2 aliphatic rings. The molecule has 9 heteroatoms. The van der Waals surface area contributed by atoms with Gasteiger partial charge in [0.2, 0.25) is 0 Å². The number of nitrogens with zero attached hydrogens (tertiary/aromatic N) is 1. The largest absolute Gasteiger partial charge is 0.457 e. The highest BCUT2D eigenvalue weighted by Gasteiger charge is 2.51. The van der Waals surface area contributed by atoms with Crippen LogP contribution in [-0.2, 0) is 19.4 Å². The summed E-state index contributed by atoms with van der Waals surface area (Å²) in [5.41, 5.74) is 0.466. The van der Waals surface area contributed by atoms with Gasteiger partial charge in [-0.15, -0.1) is 0 Å². The smallest absolute Gasteiger partial charge is 0.250 e. The summed E-state index contributed by atoms with van der Waals surface area (Å²) in [4.78, 5) is 16.5. The van der Waals surface area contributed by atoms with Crippen LogP contribution in [0.25, 0.3) is 0 Å². The molecule has 0 radical (unpaired) electrons. The van der Waals surface area contributed by atoms with Crippen LogP contribution in [0.3, 0.4) is 0 Å². The molecule has 1 aromatic carbocycles. The molecule has 3 heterocycles. The van der Waals surface area contributed by atoms with E-state index in [1.54, 1.807) is 42.1 Å². The molecule has 8 nitrogen and oxygen atoms in total. The summed E-state index contributed by atoms with van der Waals surface area (Å²) in [6, 6.07) is 9.46. The van der Waals surface area contributed by atoms with E-state index in [9.17, 15) is 18.4 Å². The van der Waals surface area contributed by atoms with Gasteiger partial charge in [-0.25, -0.2) is 13.9 Å². The lowest BCUT2D eigenvalue weighted by Gasteiger charge is -2.38. The van der Waals surface area contributed by atoms with Crippen molar-refractivity contribution in [3.8, 4) is 11.5 Å². The summed E-state index contributed by atoms with van der Waals surface area (Å²) in [6.45, 7) is 0. The van der Waals surface area contributed by atoms with Crippen molar-refractivity contribution < 1.29 is 27.9 Å². The average Bonchev–Trinajstić information content (AvgIpc) is 3.07. The van der Waals surface area contributed by atoms with Crippen molar-refractivity contribution in [2.45, 2.75) is 42.8 Å². The number of hydroxylamine groups is 1. The van der Waals surface area contributed by atoms with E-state index in [1.807, 2.05) is 0 Å². The lowest BCUT2D eigenvalue weighted by molar-refractivity contribution is -0.148. The molecule has 2 atom stereocenters. The summed E-state index contributed by atoms with van der Waals surface area (Å²) in [5, 5.41) is 9.23. The molecule has 1 amide bonds. The molecule has 2 aromatic rings. The molecule has 154 valence electrons. The number of carbonyl (C=O) groups is 1. The standard InChI is InChI=1S/C20H22N2O6S/c23-19(22-24)20(11-16-1-2-17(12-20)28-16)13-29(25,26)18-5-3-14(4-6-18)27-15-7-9-21-10-8-15/h3-10,16-17,24H,1-2,11-13H2,(H,22,23). The fraction of sp³-hybridized carbons (Fsp3) is 0.400. The lowest BCUT2D eigenvalue weighted by Crippen LogP contribution is -2.50. The van der Waals surface area contributed by atoms with E-state index in [0.717, 1.165) is 12.8 Å². The van der Waals surface area contributed by atoms with E-state index in [-0.39, 0.29) is 35.7 Å². The van der Waals surface area contributed by atoms with Crippen molar-refractivity contribution in [1.82, 2.24) is 10.5 Å². The van der Waals surface area contributed by atoms with Gasteiger partial charge in [-0.1, -0.05) is 0 Å². The van der Waals surface area contributed by atoms with Gasteiger partial charge < -0.3 is 9.47 Å². The quantitative estimate of drug-likeness (QED) is 0.547. The van der Waals surface area contributed by atoms with Crippen molar-refractivity contribution in [2.24, 2.45) is 5.41 Å². The Morgan fingerprint density at radius 3 is 2.28 bits per heavy atom. The van der Waals surface area contributed by atoms with Crippen LogP contribution in [0, 0.1) is 5.41 Å². The van der Waals surface area contributed by atoms with Crippen LogP contribution < -0.4 is 10.2 Å². The maximum atomic E-state index is 13.1. The molecule has 1 aromatic heterocycles. The third-order valence-corrected chi connectivity index (χ3v) is 7.47. The maximum absolute atomic E-state index is 13.1. The number of amides is 1. The Bertz CT molecular complexity index is 966. The topological polar surface area (TPSA) is 115 Å². The Balaban J connectivity index is 1.55. The number of pyridine rings is 1. The molecule has 2 bridgehead atoms. The predicted octanol–water partition coefficient (Wildman–Crippen LogP) is 2.48. The van der Waals surface area contributed by atoms with Gasteiger partial charge in [-0.2, -0.15) is 0 Å². The first kappa shape index (κ1) is 19.8. The van der Waals surface area contributed by atoms with E-state index < -0.39 is 21.2 Å². The van der Waals surface area contributed by atoms with Crippen molar-refractivity contribution in [3.63, 3.8) is 0 Å². The summed E-state index contributed by atoms with van der Waals surface area (Å²) in [5.74, 6) is 0.0284. The zero-order valence-corrected chi connectivity index (χ0v) is 16.5. The monoisotopic (exact) mass is 418 g/mol. The fourth-order valence-corrected chi connectivity index (χ4v) is 6.04. The van der Waals surface area contributed by atoms with Crippen molar-refractivity contribution >= 4 is 15.7 Å². The molecule has 0 spiro atoms. The number of carbonyl (C=O) groups excluding carboxylic acids is 1. The first-order valence-electron chi connectivity index (χ1n) is 9.41. The molecular weight excluding hydrogens is 396 g/mol. The summed E-state index contributed by atoms with van der Waals surface area (Å²) in [7, 11) is -3.78. The number of benzene rings is 1. The predicted molar refractivity (Wildman–Crippen MR) is 102 cm³/mol. The van der Waals surface area contributed by atoms with Crippen LogP contribution in [0.5, 0.6) is 11.5 Å². The van der Waals surface area contributed by atoms with E-state index in [4.69, 9.17) is 9.47 Å². The van der Waals surface area contributed by atoms with Crippen LogP contribution in [0.1, 0.15) is 25.7 Å². The molecule has 29 heavy (non-hydrogen) atoms. The molecule has 0 aliphatic carbocycles. The zero-order valence-electron chi connectivity index (χ0n) is 15.7. The van der Waals surface area contributed by atoms with Crippen LogP contribution in [-0.4, -0.2) is 42.5 Å². The zero-order chi connectivity index (χ0) is 20.5. The second-order valence-corrected chi connectivity index (χ2v) is 9.59. The normalized spacial score (nSPS) is 26.1. The minimum atomic E-state index is -3.78. The molecular formula is C20H22N2O6S. The Morgan fingerprint density at radius 1 is 1.10 bits per heavy atom. The van der Waals surface area contributed by atoms with Crippen LogP contribution in [0.4, 0.5) is 0 Å². The van der Waals surface area contributed by atoms with Gasteiger partial charge in [0.25, 0.3) is 5.91 Å². The Labute approximate surface area is 168 Å². The third-order valence-electron chi connectivity index (χ3n) is 5.55. The minimum absolute atomic E-state index is 0.100. The van der Waals surface area contributed by atoms with Gasteiger partial charge in [-0.05, 0) is 62.1 Å². The van der Waals surface area contributed by atoms with E-state index in [1.165, 1.54) is 12.1 Å². The average molecular weight is 418 g/mol. The second-order valence-electron chi connectivity index (χ2n) is 7.60. The molecule has 2 N–H and O–H groups in total. The lowest BCUT2D eigenvalue weighted by atomic mass is 9.78. The van der Waals surface area contributed by atoms with E-state index in [0.29, 0.717) is 11.5 Å². The van der Waals surface area contributed by atoms with E-state index in [2.05, 4.69) is 4.98 Å². The highest BCUT2D eigenvalue weighted by molar-refractivity contribution is 7.91. The summed E-state index contributed by atoms with van der Waals surface area (Å²) < 4.78 is 37.6. The number of sulfone groups is 1. The highest BCUT2D eigenvalue weighted by Crippen LogP contribution is 2.45. The molecule has 2 saturated heterocycles. The minimum Gasteiger partial charge on any atom is -0.457 e.